The molecule has 0 spiro atoms. The summed E-state index contributed by atoms with van der Waals surface area (Å²) in [6.45, 7) is 7.73. The van der Waals surface area contributed by atoms with E-state index in [2.05, 4.69) is 11.6 Å². The van der Waals surface area contributed by atoms with Crippen molar-refractivity contribution in [2.75, 3.05) is 13.2 Å². The van der Waals surface area contributed by atoms with Crippen LogP contribution in [0, 0.1) is 0 Å². The number of rotatable bonds is 8. The van der Waals surface area contributed by atoms with Gasteiger partial charge in [0.15, 0.2) is 4.80 Å². The number of halogens is 1. The number of furan rings is 1. The van der Waals surface area contributed by atoms with E-state index in [9.17, 15) is 9.59 Å². The van der Waals surface area contributed by atoms with Crippen molar-refractivity contribution >= 4 is 35.0 Å². The molecule has 0 unspecified atom stereocenters. The molecular formula is C30H25ClN2O5S. The number of fused-ring (bicyclic) bond motifs is 1. The van der Waals surface area contributed by atoms with Crippen molar-refractivity contribution in [3.05, 3.63) is 121 Å². The normalized spacial score (nSPS) is 15.1. The predicted octanol–water partition coefficient (Wildman–Crippen LogP) is 5.28. The maximum Gasteiger partial charge on any atom is 0.338 e. The number of carbonyl (C=O) groups is 1. The number of benzene rings is 2. The Morgan fingerprint density at radius 1 is 1.21 bits per heavy atom. The number of hydrogen-bond acceptors (Lipinski definition) is 7. The zero-order valence-corrected chi connectivity index (χ0v) is 22.9. The highest BCUT2D eigenvalue weighted by atomic mass is 35.5. The molecule has 9 heteroatoms. The molecule has 0 saturated carbocycles. The highest BCUT2D eigenvalue weighted by Crippen LogP contribution is 2.32. The molecule has 0 fully saturated rings. The minimum absolute atomic E-state index is 0.203. The highest BCUT2D eigenvalue weighted by Gasteiger charge is 2.33. The van der Waals surface area contributed by atoms with Gasteiger partial charge in [-0.05, 0) is 55.8 Å². The third kappa shape index (κ3) is 5.39. The fraction of sp³-hybridized carbons (Fsp3) is 0.167. The number of carbonyl (C=O) groups excluding carboxylic acids is 1. The summed E-state index contributed by atoms with van der Waals surface area (Å²) in [5.41, 5.74) is 2.09. The molecule has 0 bridgehead atoms. The van der Waals surface area contributed by atoms with Gasteiger partial charge >= 0.3 is 5.97 Å². The van der Waals surface area contributed by atoms with Crippen molar-refractivity contribution in [3.63, 3.8) is 0 Å². The van der Waals surface area contributed by atoms with Gasteiger partial charge in [0.2, 0.25) is 0 Å². The monoisotopic (exact) mass is 560 g/mol. The summed E-state index contributed by atoms with van der Waals surface area (Å²) in [7, 11) is 0. The van der Waals surface area contributed by atoms with Crippen LogP contribution in [-0.2, 0) is 9.53 Å². The molecule has 0 saturated heterocycles. The van der Waals surface area contributed by atoms with Gasteiger partial charge < -0.3 is 13.9 Å². The molecule has 0 N–H and O–H groups in total. The lowest BCUT2D eigenvalue weighted by Crippen LogP contribution is -2.39. The van der Waals surface area contributed by atoms with Gasteiger partial charge in [-0.25, -0.2) is 9.79 Å². The van der Waals surface area contributed by atoms with Crippen LogP contribution in [0.2, 0.25) is 5.02 Å². The average Bonchev–Trinajstić information content (AvgIpc) is 3.51. The largest absolute Gasteiger partial charge is 0.490 e. The lowest BCUT2D eigenvalue weighted by atomic mass is 9.96. The van der Waals surface area contributed by atoms with E-state index in [0.29, 0.717) is 49.5 Å². The summed E-state index contributed by atoms with van der Waals surface area (Å²) in [6, 6.07) is 17.5. The molecule has 3 heterocycles. The van der Waals surface area contributed by atoms with Gasteiger partial charge in [0.05, 0.1) is 28.5 Å². The van der Waals surface area contributed by atoms with Crippen molar-refractivity contribution in [1.82, 2.24) is 4.57 Å². The average molecular weight is 561 g/mol. The second kappa shape index (κ2) is 11.3. The minimum Gasteiger partial charge on any atom is -0.490 e. The molecule has 0 radical (unpaired) electrons. The Morgan fingerprint density at radius 3 is 2.72 bits per heavy atom. The molecule has 1 atom stereocenters. The first kappa shape index (κ1) is 26.5. The summed E-state index contributed by atoms with van der Waals surface area (Å²) >= 11 is 7.35. The summed E-state index contributed by atoms with van der Waals surface area (Å²) < 4.78 is 18.9. The predicted molar refractivity (Wildman–Crippen MR) is 152 cm³/mol. The first-order chi connectivity index (χ1) is 18.9. The Labute approximate surface area is 233 Å². The second-order valence-electron chi connectivity index (χ2n) is 8.68. The van der Waals surface area contributed by atoms with Crippen molar-refractivity contribution in [2.24, 2.45) is 4.99 Å². The molecular weight excluding hydrogens is 536 g/mol. The number of thiazole rings is 1. The van der Waals surface area contributed by atoms with E-state index in [4.69, 9.17) is 25.5 Å². The van der Waals surface area contributed by atoms with Crippen LogP contribution in [0.4, 0.5) is 0 Å². The van der Waals surface area contributed by atoms with E-state index in [1.807, 2.05) is 36.4 Å². The van der Waals surface area contributed by atoms with Crippen molar-refractivity contribution in [1.29, 1.82) is 0 Å². The van der Waals surface area contributed by atoms with Gasteiger partial charge in [-0.2, -0.15) is 0 Å². The van der Waals surface area contributed by atoms with E-state index < -0.39 is 12.0 Å². The number of esters is 1. The highest BCUT2D eigenvalue weighted by molar-refractivity contribution is 7.07. The van der Waals surface area contributed by atoms with Gasteiger partial charge in [0, 0.05) is 16.7 Å². The Bertz CT molecular complexity index is 1760. The second-order valence-corrected chi connectivity index (χ2v) is 10.1. The Balaban J connectivity index is 1.60. The Kier molecular flexibility index (Phi) is 7.67. The molecule has 7 nitrogen and oxygen atoms in total. The fourth-order valence-corrected chi connectivity index (χ4v) is 5.58. The molecule has 0 amide bonds. The zero-order chi connectivity index (χ0) is 27.5. The quantitative estimate of drug-likeness (QED) is 0.216. The van der Waals surface area contributed by atoms with Crippen LogP contribution in [0.3, 0.4) is 0 Å². The molecule has 198 valence electrons. The SMILES string of the molecule is C=CCOc1ccc([C@H]2C(C(=O)OCC)=C(C)N=c3s/c(=C\c4ccc(-c5cccc(Cl)c5)o4)c(=O)n32)cc1. The molecule has 5 rings (SSSR count). The molecule has 39 heavy (non-hydrogen) atoms. The first-order valence-corrected chi connectivity index (χ1v) is 13.5. The lowest BCUT2D eigenvalue weighted by molar-refractivity contribution is -0.139. The van der Waals surface area contributed by atoms with Gasteiger partial charge in [-0.1, -0.05) is 59.9 Å². The van der Waals surface area contributed by atoms with E-state index >= 15 is 0 Å². The number of aromatic nitrogens is 1. The van der Waals surface area contributed by atoms with Crippen molar-refractivity contribution in [2.45, 2.75) is 19.9 Å². The Morgan fingerprint density at radius 2 is 2.00 bits per heavy atom. The zero-order valence-electron chi connectivity index (χ0n) is 21.3. The topological polar surface area (TPSA) is 83.0 Å². The molecule has 1 aliphatic heterocycles. The van der Waals surface area contributed by atoms with Crippen LogP contribution in [0.5, 0.6) is 5.75 Å². The summed E-state index contributed by atoms with van der Waals surface area (Å²) in [5.74, 6) is 1.28. The van der Waals surface area contributed by atoms with Gasteiger partial charge in [-0.3, -0.25) is 9.36 Å². The number of hydrogen-bond donors (Lipinski definition) is 0. The van der Waals surface area contributed by atoms with Crippen LogP contribution in [0.1, 0.15) is 31.2 Å². The molecule has 2 aromatic heterocycles. The first-order valence-electron chi connectivity index (χ1n) is 12.3. The van der Waals surface area contributed by atoms with Crippen LogP contribution >= 0.6 is 22.9 Å². The van der Waals surface area contributed by atoms with E-state index in [1.165, 1.54) is 15.9 Å². The third-order valence-electron chi connectivity index (χ3n) is 6.09. The number of allylic oxidation sites excluding steroid dienone is 1. The van der Waals surface area contributed by atoms with E-state index in [-0.39, 0.29) is 12.2 Å². The van der Waals surface area contributed by atoms with Gasteiger partial charge in [0.1, 0.15) is 23.9 Å². The Hall–Kier alpha value is -4.14. The van der Waals surface area contributed by atoms with E-state index in [1.54, 1.807) is 50.3 Å². The van der Waals surface area contributed by atoms with Crippen LogP contribution in [0.15, 0.2) is 98.8 Å². The lowest BCUT2D eigenvalue weighted by Gasteiger charge is -2.24. The molecule has 0 aliphatic carbocycles. The molecule has 1 aliphatic rings. The van der Waals surface area contributed by atoms with E-state index in [0.717, 1.165) is 11.1 Å². The van der Waals surface area contributed by atoms with Crippen LogP contribution in [0.25, 0.3) is 17.4 Å². The van der Waals surface area contributed by atoms with Crippen LogP contribution in [-0.4, -0.2) is 23.8 Å². The van der Waals surface area contributed by atoms with Crippen molar-refractivity contribution in [3.8, 4) is 17.1 Å². The third-order valence-corrected chi connectivity index (χ3v) is 7.31. The van der Waals surface area contributed by atoms with Crippen LogP contribution < -0.4 is 19.6 Å². The van der Waals surface area contributed by atoms with Gasteiger partial charge in [-0.15, -0.1) is 0 Å². The van der Waals surface area contributed by atoms with Gasteiger partial charge in [0.25, 0.3) is 5.56 Å². The minimum atomic E-state index is -0.713. The number of nitrogens with zero attached hydrogens (tertiary/aromatic N) is 2. The van der Waals surface area contributed by atoms with Crippen molar-refractivity contribution < 1.29 is 18.7 Å². The smallest absolute Gasteiger partial charge is 0.338 e. The maximum absolute atomic E-state index is 13.8. The maximum atomic E-state index is 13.8. The number of ether oxygens (including phenoxy) is 2. The molecule has 2 aromatic carbocycles. The standard InChI is InChI=1S/C30H25ClN2O5S/c1-4-15-37-22-11-9-19(10-12-22)27-26(29(35)36-5-2)18(3)32-30-33(27)28(34)25(39-30)17-23-13-14-24(38-23)20-7-6-8-21(31)16-20/h4,6-14,16-17,27H,1,5,15H2,2-3H3/b25-17-/t27-/m0/s1. The molecule has 4 aromatic rings. The summed E-state index contributed by atoms with van der Waals surface area (Å²) in [6.07, 6.45) is 3.35. The fourth-order valence-electron chi connectivity index (χ4n) is 4.36. The summed E-state index contributed by atoms with van der Waals surface area (Å²) in [5, 5.41) is 0.604. The summed E-state index contributed by atoms with van der Waals surface area (Å²) in [4.78, 5) is 31.9.